The van der Waals surface area contributed by atoms with Crippen LogP contribution in [0.3, 0.4) is 0 Å². The van der Waals surface area contributed by atoms with Crippen LogP contribution < -0.4 is 25.4 Å². The fourth-order valence-electron chi connectivity index (χ4n) is 2.26. The van der Waals surface area contributed by atoms with Gasteiger partial charge in [-0.2, -0.15) is 0 Å². The predicted octanol–water partition coefficient (Wildman–Crippen LogP) is 2.89. The van der Waals surface area contributed by atoms with Crippen molar-refractivity contribution in [1.29, 1.82) is 0 Å². The second-order valence-electron chi connectivity index (χ2n) is 5.46. The minimum atomic E-state index is -0.255. The quantitative estimate of drug-likeness (QED) is 0.716. The highest BCUT2D eigenvalue weighted by atomic mass is 32.1. The van der Waals surface area contributed by atoms with Gasteiger partial charge in [0.05, 0.1) is 0 Å². The Morgan fingerprint density at radius 3 is 2.35 bits per heavy atom. The van der Waals surface area contributed by atoms with Crippen LogP contribution in [-0.4, -0.2) is 23.7 Å². The van der Waals surface area contributed by atoms with Crippen molar-refractivity contribution >= 4 is 40.5 Å². The molecule has 1 aliphatic rings. The van der Waals surface area contributed by atoms with Crippen molar-refractivity contribution in [3.05, 3.63) is 48.0 Å². The van der Waals surface area contributed by atoms with Crippen molar-refractivity contribution in [2.45, 2.75) is 13.3 Å². The van der Waals surface area contributed by atoms with Crippen LogP contribution in [0.4, 0.5) is 11.4 Å². The molecule has 8 heteroatoms. The lowest BCUT2D eigenvalue weighted by atomic mass is 10.2. The summed E-state index contributed by atoms with van der Waals surface area (Å²) < 4.78 is 10.5. The van der Waals surface area contributed by atoms with E-state index in [1.54, 1.807) is 49.4 Å². The van der Waals surface area contributed by atoms with E-state index in [-0.39, 0.29) is 23.7 Å². The number of amides is 2. The minimum absolute atomic E-state index is 0.157. The number of nitrogens with one attached hydrogen (secondary N) is 3. The van der Waals surface area contributed by atoms with Gasteiger partial charge in [0.25, 0.3) is 5.91 Å². The number of benzene rings is 2. The molecule has 0 fully saturated rings. The van der Waals surface area contributed by atoms with E-state index in [0.29, 0.717) is 34.9 Å². The van der Waals surface area contributed by atoms with E-state index in [2.05, 4.69) is 16.0 Å². The number of carbonyl (C=O) groups excluding carboxylic acids is 2. The molecule has 1 heterocycles. The normalized spacial score (nSPS) is 11.6. The lowest BCUT2D eigenvalue weighted by Gasteiger charge is -2.10. The van der Waals surface area contributed by atoms with Crippen LogP contribution >= 0.6 is 12.2 Å². The van der Waals surface area contributed by atoms with Gasteiger partial charge in [0, 0.05) is 23.4 Å². The molecule has 2 aromatic carbocycles. The van der Waals surface area contributed by atoms with Gasteiger partial charge in [-0.1, -0.05) is 6.92 Å². The van der Waals surface area contributed by atoms with Crippen LogP contribution in [0.2, 0.25) is 0 Å². The lowest BCUT2D eigenvalue weighted by Crippen LogP contribution is -2.33. The number of rotatable bonds is 4. The number of anilines is 2. The molecule has 3 N–H and O–H groups in total. The molecule has 0 aromatic heterocycles. The summed E-state index contributed by atoms with van der Waals surface area (Å²) >= 11 is 5.05. The zero-order chi connectivity index (χ0) is 18.5. The van der Waals surface area contributed by atoms with E-state index in [1.165, 1.54) is 0 Å². The fraction of sp³-hybridized carbons (Fsp3) is 0.167. The molecule has 0 aliphatic carbocycles. The molecular formula is C18H17N3O4S. The molecule has 3 rings (SSSR count). The van der Waals surface area contributed by atoms with E-state index >= 15 is 0 Å². The highest BCUT2D eigenvalue weighted by Crippen LogP contribution is 2.32. The molecule has 7 nitrogen and oxygen atoms in total. The summed E-state index contributed by atoms with van der Waals surface area (Å²) in [4.78, 5) is 23.6. The first-order valence-electron chi connectivity index (χ1n) is 7.97. The second-order valence-corrected chi connectivity index (χ2v) is 5.86. The maximum Gasteiger partial charge on any atom is 0.255 e. The number of fused-ring (bicyclic) bond motifs is 1. The summed E-state index contributed by atoms with van der Waals surface area (Å²) in [5.74, 6) is 0.771. The van der Waals surface area contributed by atoms with Crippen LogP contribution in [0.25, 0.3) is 0 Å². The average Bonchev–Trinajstić information content (AvgIpc) is 3.10. The molecule has 0 saturated carbocycles. The first kappa shape index (κ1) is 17.7. The van der Waals surface area contributed by atoms with Gasteiger partial charge in [-0.05, 0) is 54.7 Å². The van der Waals surface area contributed by atoms with E-state index in [0.717, 1.165) is 0 Å². The SMILES string of the molecule is CCC(=O)NC(=S)Nc1ccc(NC(=O)c2ccc3c(c2)OCO3)cc1. The monoisotopic (exact) mass is 371 g/mol. The molecule has 1 aliphatic heterocycles. The first-order valence-corrected chi connectivity index (χ1v) is 8.38. The number of carbonyl (C=O) groups is 2. The van der Waals surface area contributed by atoms with Gasteiger partial charge in [-0.3, -0.25) is 9.59 Å². The molecule has 26 heavy (non-hydrogen) atoms. The predicted molar refractivity (Wildman–Crippen MR) is 102 cm³/mol. The summed E-state index contributed by atoms with van der Waals surface area (Å²) in [5.41, 5.74) is 1.80. The Balaban J connectivity index is 1.59. The number of ether oxygens (including phenoxy) is 2. The Morgan fingerprint density at radius 2 is 1.65 bits per heavy atom. The molecule has 0 radical (unpaired) electrons. The first-order chi connectivity index (χ1) is 12.5. The maximum atomic E-state index is 12.3. The van der Waals surface area contributed by atoms with Crippen molar-refractivity contribution < 1.29 is 19.1 Å². The third-order valence-electron chi connectivity index (χ3n) is 3.61. The largest absolute Gasteiger partial charge is 0.454 e. The topological polar surface area (TPSA) is 88.7 Å². The van der Waals surface area contributed by atoms with Gasteiger partial charge in [0.2, 0.25) is 12.7 Å². The van der Waals surface area contributed by atoms with Crippen molar-refractivity contribution in [3.8, 4) is 11.5 Å². The van der Waals surface area contributed by atoms with Crippen LogP contribution in [0.5, 0.6) is 11.5 Å². The molecule has 2 aromatic rings. The Kier molecular flexibility index (Phi) is 5.33. The second kappa shape index (κ2) is 7.83. The molecule has 134 valence electrons. The summed E-state index contributed by atoms with van der Waals surface area (Å²) in [6.45, 7) is 1.91. The molecule has 0 bridgehead atoms. The van der Waals surface area contributed by atoms with Crippen molar-refractivity contribution in [3.63, 3.8) is 0 Å². The molecule has 0 unspecified atom stereocenters. The van der Waals surface area contributed by atoms with Gasteiger partial charge < -0.3 is 25.4 Å². The van der Waals surface area contributed by atoms with E-state index in [4.69, 9.17) is 21.7 Å². The zero-order valence-electron chi connectivity index (χ0n) is 14.0. The molecular weight excluding hydrogens is 354 g/mol. The smallest absolute Gasteiger partial charge is 0.255 e. The minimum Gasteiger partial charge on any atom is -0.454 e. The third-order valence-corrected chi connectivity index (χ3v) is 3.81. The van der Waals surface area contributed by atoms with Gasteiger partial charge in [0.15, 0.2) is 16.6 Å². The number of thiocarbonyl (C=S) groups is 1. The van der Waals surface area contributed by atoms with Crippen LogP contribution in [0.15, 0.2) is 42.5 Å². The van der Waals surface area contributed by atoms with Gasteiger partial charge in [-0.25, -0.2) is 0 Å². The van der Waals surface area contributed by atoms with E-state index in [9.17, 15) is 9.59 Å². The zero-order valence-corrected chi connectivity index (χ0v) is 14.8. The molecule has 0 spiro atoms. The van der Waals surface area contributed by atoms with Crippen LogP contribution in [0, 0.1) is 0 Å². The molecule has 0 atom stereocenters. The Labute approximate surface area is 155 Å². The average molecular weight is 371 g/mol. The summed E-state index contributed by atoms with van der Waals surface area (Å²) in [7, 11) is 0. The number of hydrogen-bond acceptors (Lipinski definition) is 5. The van der Waals surface area contributed by atoms with Crippen molar-refractivity contribution in [2.24, 2.45) is 0 Å². The maximum absolute atomic E-state index is 12.3. The number of hydrogen-bond donors (Lipinski definition) is 3. The summed E-state index contributed by atoms with van der Waals surface area (Å²) in [5, 5.41) is 8.50. The summed E-state index contributed by atoms with van der Waals surface area (Å²) in [6, 6.07) is 12.0. The highest BCUT2D eigenvalue weighted by molar-refractivity contribution is 7.80. The van der Waals surface area contributed by atoms with Crippen LogP contribution in [-0.2, 0) is 4.79 Å². The molecule has 0 saturated heterocycles. The van der Waals surface area contributed by atoms with Gasteiger partial charge in [-0.15, -0.1) is 0 Å². The van der Waals surface area contributed by atoms with E-state index < -0.39 is 0 Å². The van der Waals surface area contributed by atoms with E-state index in [1.807, 2.05) is 0 Å². The lowest BCUT2D eigenvalue weighted by molar-refractivity contribution is -0.119. The van der Waals surface area contributed by atoms with Crippen molar-refractivity contribution in [2.75, 3.05) is 17.4 Å². The fourth-order valence-corrected chi connectivity index (χ4v) is 2.49. The Bertz CT molecular complexity index is 852. The van der Waals surface area contributed by atoms with Crippen molar-refractivity contribution in [1.82, 2.24) is 5.32 Å². The standard InChI is InChI=1S/C18H17N3O4S/c1-2-16(22)21-18(26)20-13-6-4-12(5-7-13)19-17(23)11-3-8-14-15(9-11)25-10-24-14/h3-9H,2,10H2,1H3,(H,19,23)(H2,20,21,22,26). The molecule has 2 amide bonds. The van der Waals surface area contributed by atoms with Gasteiger partial charge >= 0.3 is 0 Å². The summed E-state index contributed by atoms with van der Waals surface area (Å²) in [6.07, 6.45) is 0.354. The van der Waals surface area contributed by atoms with Gasteiger partial charge in [0.1, 0.15) is 0 Å². The Hall–Kier alpha value is -3.13. The highest BCUT2D eigenvalue weighted by Gasteiger charge is 2.16. The Morgan fingerprint density at radius 1 is 1.00 bits per heavy atom. The third kappa shape index (κ3) is 4.28. The van der Waals surface area contributed by atoms with Crippen LogP contribution in [0.1, 0.15) is 23.7 Å².